The first kappa shape index (κ1) is 11.8. The summed E-state index contributed by atoms with van der Waals surface area (Å²) >= 11 is 0. The van der Waals surface area contributed by atoms with Crippen LogP contribution < -0.4 is 16.0 Å². The molecule has 3 aliphatic rings. The second-order valence-corrected chi connectivity index (χ2v) is 5.54. The Morgan fingerprint density at radius 2 is 2.06 bits per heavy atom. The fourth-order valence-electron chi connectivity index (χ4n) is 3.21. The van der Waals surface area contributed by atoms with Crippen LogP contribution in [0, 0.1) is 0 Å². The number of carbonyl (C=O) groups is 2. The summed E-state index contributed by atoms with van der Waals surface area (Å²) in [6, 6.07) is 0.223. The van der Waals surface area contributed by atoms with Gasteiger partial charge in [0.2, 0.25) is 5.91 Å². The minimum atomic E-state index is -0.255. The summed E-state index contributed by atoms with van der Waals surface area (Å²) in [6.45, 7) is 2.86. The monoisotopic (exact) mass is 253 g/mol. The van der Waals surface area contributed by atoms with Crippen molar-refractivity contribution in [3.05, 3.63) is 0 Å². The van der Waals surface area contributed by atoms with Crippen molar-refractivity contribution in [3.8, 4) is 0 Å². The Morgan fingerprint density at radius 1 is 1.28 bits per heavy atom. The second-order valence-electron chi connectivity index (χ2n) is 5.54. The van der Waals surface area contributed by atoms with Gasteiger partial charge >= 0.3 is 6.03 Å². The SMILES string of the molecule is O=C(NC1CC[NH2+]CC1)[C@@H]1CCC2CN1C(=O)N2. The number of nitrogens with zero attached hydrogens (tertiary/aromatic N) is 1. The molecule has 3 heterocycles. The van der Waals surface area contributed by atoms with E-state index >= 15 is 0 Å². The van der Waals surface area contributed by atoms with Gasteiger partial charge in [0.15, 0.2) is 0 Å². The molecule has 2 bridgehead atoms. The molecule has 0 spiro atoms. The molecule has 0 radical (unpaired) electrons. The highest BCUT2D eigenvalue weighted by Gasteiger charge is 2.42. The highest BCUT2D eigenvalue weighted by molar-refractivity contribution is 5.88. The van der Waals surface area contributed by atoms with Crippen LogP contribution in [0.25, 0.3) is 0 Å². The van der Waals surface area contributed by atoms with Gasteiger partial charge in [-0.25, -0.2) is 4.79 Å². The highest BCUT2D eigenvalue weighted by atomic mass is 16.2. The molecule has 6 heteroatoms. The van der Waals surface area contributed by atoms with Gasteiger partial charge in [-0.1, -0.05) is 0 Å². The minimum Gasteiger partial charge on any atom is -0.351 e. The number of piperidine rings is 2. The maximum atomic E-state index is 12.3. The molecule has 3 aliphatic heterocycles. The van der Waals surface area contributed by atoms with Gasteiger partial charge in [-0.3, -0.25) is 4.79 Å². The van der Waals surface area contributed by atoms with E-state index in [1.807, 2.05) is 0 Å². The molecule has 0 aliphatic carbocycles. The summed E-state index contributed by atoms with van der Waals surface area (Å²) in [7, 11) is 0. The zero-order valence-corrected chi connectivity index (χ0v) is 10.5. The molecule has 3 saturated heterocycles. The molecule has 1 unspecified atom stereocenters. The summed E-state index contributed by atoms with van der Waals surface area (Å²) < 4.78 is 0. The van der Waals surface area contributed by atoms with Crippen molar-refractivity contribution in [3.63, 3.8) is 0 Å². The smallest absolute Gasteiger partial charge is 0.318 e. The van der Waals surface area contributed by atoms with Gasteiger partial charge in [-0.05, 0) is 12.8 Å². The predicted octanol–water partition coefficient (Wildman–Crippen LogP) is -1.62. The van der Waals surface area contributed by atoms with E-state index in [4.69, 9.17) is 0 Å². The lowest BCUT2D eigenvalue weighted by molar-refractivity contribution is -0.663. The standard InChI is InChI=1S/C12H20N4O2/c17-11(14-8-3-5-13-6-4-8)10-2-1-9-7-16(10)12(18)15-9/h8-10,13H,1-7H2,(H,14,17)(H,15,18)/p+1/t9?,10-/m0/s1. The lowest BCUT2D eigenvalue weighted by Crippen LogP contribution is -2.87. The van der Waals surface area contributed by atoms with E-state index in [1.54, 1.807) is 4.90 Å². The van der Waals surface area contributed by atoms with Crippen LogP contribution in [0.1, 0.15) is 25.7 Å². The molecule has 0 aromatic heterocycles. The normalized spacial score (nSPS) is 32.2. The van der Waals surface area contributed by atoms with E-state index in [0.29, 0.717) is 12.6 Å². The van der Waals surface area contributed by atoms with Crippen molar-refractivity contribution in [2.75, 3.05) is 19.6 Å². The summed E-state index contributed by atoms with van der Waals surface area (Å²) in [5.41, 5.74) is 0. The maximum Gasteiger partial charge on any atom is 0.318 e. The predicted molar refractivity (Wildman–Crippen MR) is 64.9 cm³/mol. The number of nitrogens with two attached hydrogens (primary N) is 1. The first-order chi connectivity index (χ1) is 8.74. The van der Waals surface area contributed by atoms with E-state index in [1.165, 1.54) is 0 Å². The highest BCUT2D eigenvalue weighted by Crippen LogP contribution is 2.23. The Morgan fingerprint density at radius 3 is 2.83 bits per heavy atom. The third-order valence-corrected chi connectivity index (χ3v) is 4.26. The topological polar surface area (TPSA) is 78.1 Å². The van der Waals surface area contributed by atoms with Crippen molar-refractivity contribution in [2.45, 2.75) is 43.8 Å². The molecular formula is C12H21N4O2+. The fraction of sp³-hybridized carbons (Fsp3) is 0.833. The maximum absolute atomic E-state index is 12.3. The third-order valence-electron chi connectivity index (χ3n) is 4.26. The Bertz CT molecular complexity index is 354. The quantitative estimate of drug-likeness (QED) is 0.553. The van der Waals surface area contributed by atoms with Crippen molar-refractivity contribution in [1.82, 2.24) is 15.5 Å². The summed E-state index contributed by atoms with van der Waals surface area (Å²) in [4.78, 5) is 25.6. The Kier molecular flexibility index (Phi) is 3.11. The Hall–Kier alpha value is -1.30. The molecule has 3 rings (SSSR count). The number of hydrogen-bond donors (Lipinski definition) is 3. The van der Waals surface area contributed by atoms with E-state index in [9.17, 15) is 9.59 Å². The molecule has 0 aromatic carbocycles. The molecular weight excluding hydrogens is 232 g/mol. The molecule has 18 heavy (non-hydrogen) atoms. The minimum absolute atomic E-state index is 0.0393. The molecule has 3 fully saturated rings. The van der Waals surface area contributed by atoms with E-state index < -0.39 is 0 Å². The largest absolute Gasteiger partial charge is 0.351 e. The van der Waals surface area contributed by atoms with Crippen LogP contribution in [0.15, 0.2) is 0 Å². The second kappa shape index (κ2) is 4.76. The van der Waals surface area contributed by atoms with Gasteiger partial charge in [-0.15, -0.1) is 0 Å². The number of amides is 3. The molecule has 2 atom stereocenters. The Labute approximate surface area is 106 Å². The number of quaternary nitrogens is 1. The molecule has 0 saturated carbocycles. The molecule has 100 valence electrons. The molecule has 3 amide bonds. The van der Waals surface area contributed by atoms with Crippen molar-refractivity contribution in [2.24, 2.45) is 0 Å². The number of urea groups is 1. The van der Waals surface area contributed by atoms with Crippen LogP contribution in [-0.2, 0) is 4.79 Å². The van der Waals surface area contributed by atoms with Crippen LogP contribution in [0.2, 0.25) is 0 Å². The number of fused-ring (bicyclic) bond motifs is 2. The molecule has 6 nitrogen and oxygen atoms in total. The molecule has 4 N–H and O–H groups in total. The van der Waals surface area contributed by atoms with Crippen LogP contribution in [0.4, 0.5) is 4.79 Å². The van der Waals surface area contributed by atoms with Gasteiger partial charge in [0, 0.05) is 31.5 Å². The van der Waals surface area contributed by atoms with Gasteiger partial charge in [-0.2, -0.15) is 0 Å². The van der Waals surface area contributed by atoms with Crippen LogP contribution >= 0.6 is 0 Å². The number of hydrogen-bond acceptors (Lipinski definition) is 2. The first-order valence-corrected chi connectivity index (χ1v) is 6.93. The van der Waals surface area contributed by atoms with Gasteiger partial charge in [0.1, 0.15) is 6.04 Å². The average molecular weight is 253 g/mol. The summed E-state index contributed by atoms with van der Waals surface area (Å²) in [5.74, 6) is 0.0393. The van der Waals surface area contributed by atoms with Crippen LogP contribution in [-0.4, -0.2) is 54.6 Å². The van der Waals surface area contributed by atoms with Gasteiger partial charge in [0.05, 0.1) is 13.1 Å². The van der Waals surface area contributed by atoms with Crippen molar-refractivity contribution >= 4 is 11.9 Å². The number of rotatable bonds is 2. The van der Waals surface area contributed by atoms with Gasteiger partial charge in [0.25, 0.3) is 0 Å². The zero-order valence-electron chi connectivity index (χ0n) is 10.5. The van der Waals surface area contributed by atoms with E-state index in [-0.39, 0.29) is 24.0 Å². The number of nitrogens with one attached hydrogen (secondary N) is 2. The van der Waals surface area contributed by atoms with Crippen LogP contribution in [0.3, 0.4) is 0 Å². The van der Waals surface area contributed by atoms with Gasteiger partial charge < -0.3 is 20.9 Å². The fourth-order valence-corrected chi connectivity index (χ4v) is 3.21. The van der Waals surface area contributed by atoms with Crippen LogP contribution in [0.5, 0.6) is 0 Å². The lowest BCUT2D eigenvalue weighted by atomic mass is 9.99. The van der Waals surface area contributed by atoms with E-state index in [0.717, 1.165) is 38.8 Å². The van der Waals surface area contributed by atoms with Crippen molar-refractivity contribution < 1.29 is 14.9 Å². The first-order valence-electron chi connectivity index (χ1n) is 6.93. The summed E-state index contributed by atoms with van der Waals surface area (Å²) in [6.07, 6.45) is 3.77. The molecule has 0 aromatic rings. The average Bonchev–Trinajstić information content (AvgIpc) is 2.66. The lowest BCUT2D eigenvalue weighted by Gasteiger charge is -2.31. The van der Waals surface area contributed by atoms with Crippen molar-refractivity contribution in [1.29, 1.82) is 0 Å². The number of carbonyl (C=O) groups excluding carboxylic acids is 2. The zero-order chi connectivity index (χ0) is 12.5. The Balaban J connectivity index is 1.59. The van der Waals surface area contributed by atoms with E-state index in [2.05, 4.69) is 16.0 Å². The summed E-state index contributed by atoms with van der Waals surface area (Å²) in [5, 5.41) is 8.30. The third kappa shape index (κ3) is 2.16.